The van der Waals surface area contributed by atoms with Gasteiger partial charge in [0.05, 0.1) is 0 Å². The molecule has 0 aliphatic heterocycles. The van der Waals surface area contributed by atoms with Gasteiger partial charge < -0.3 is 9.84 Å². The second kappa shape index (κ2) is 6.24. The van der Waals surface area contributed by atoms with Crippen LogP contribution in [0.3, 0.4) is 0 Å². The Balaban J connectivity index is 2.03. The fraction of sp³-hybridized carbons (Fsp3) is 0.429. The molecule has 0 aliphatic rings. The van der Waals surface area contributed by atoms with Gasteiger partial charge in [0.1, 0.15) is 30.1 Å². The van der Waals surface area contributed by atoms with Gasteiger partial charge in [-0.15, -0.1) is 0 Å². The number of aromatic nitrogens is 3. The molecule has 1 aromatic carbocycles. The van der Waals surface area contributed by atoms with Gasteiger partial charge in [0, 0.05) is 11.4 Å². The maximum Gasteiger partial charge on any atom is 0.137 e. The Labute approximate surface area is 123 Å². The SMILES string of the molecule is CC(C)C(O)(COc1ccc(Cl)cc1)Cc1ncn[nH]1. The van der Waals surface area contributed by atoms with Crippen LogP contribution in [0, 0.1) is 5.92 Å². The van der Waals surface area contributed by atoms with Crippen LogP contribution in [0.5, 0.6) is 5.75 Å². The fourth-order valence-corrected chi connectivity index (χ4v) is 1.89. The monoisotopic (exact) mass is 295 g/mol. The second-order valence-electron chi connectivity index (χ2n) is 5.11. The molecule has 1 atom stereocenters. The summed E-state index contributed by atoms with van der Waals surface area (Å²) in [5.74, 6) is 1.33. The minimum absolute atomic E-state index is 0.0138. The molecular formula is C14H18ClN3O2. The molecule has 1 heterocycles. The lowest BCUT2D eigenvalue weighted by Gasteiger charge is -2.31. The van der Waals surface area contributed by atoms with Crippen molar-refractivity contribution in [2.75, 3.05) is 6.61 Å². The number of H-pyrrole nitrogens is 1. The van der Waals surface area contributed by atoms with Crippen molar-refractivity contribution < 1.29 is 9.84 Å². The van der Waals surface area contributed by atoms with Crippen LogP contribution in [0.2, 0.25) is 5.02 Å². The number of hydrogen-bond donors (Lipinski definition) is 2. The number of benzene rings is 1. The third-order valence-corrected chi connectivity index (χ3v) is 3.57. The Kier molecular flexibility index (Phi) is 4.62. The summed E-state index contributed by atoms with van der Waals surface area (Å²) in [4.78, 5) is 4.05. The summed E-state index contributed by atoms with van der Waals surface area (Å²) < 4.78 is 5.67. The summed E-state index contributed by atoms with van der Waals surface area (Å²) in [5, 5.41) is 17.9. The van der Waals surface area contributed by atoms with Gasteiger partial charge in [-0.25, -0.2) is 4.98 Å². The van der Waals surface area contributed by atoms with Gasteiger partial charge in [0.25, 0.3) is 0 Å². The number of rotatable bonds is 6. The van der Waals surface area contributed by atoms with Crippen LogP contribution in [0.25, 0.3) is 0 Å². The zero-order valence-electron chi connectivity index (χ0n) is 11.5. The summed E-state index contributed by atoms with van der Waals surface area (Å²) in [6, 6.07) is 7.05. The summed E-state index contributed by atoms with van der Waals surface area (Å²) in [5.41, 5.74) is -1.01. The summed E-state index contributed by atoms with van der Waals surface area (Å²) in [6.45, 7) is 4.07. The number of aromatic amines is 1. The van der Waals surface area contributed by atoms with Gasteiger partial charge in [-0.1, -0.05) is 25.4 Å². The van der Waals surface area contributed by atoms with Crippen LogP contribution >= 0.6 is 11.6 Å². The number of halogens is 1. The molecule has 0 bridgehead atoms. The largest absolute Gasteiger partial charge is 0.491 e. The first-order chi connectivity index (χ1) is 9.49. The van der Waals surface area contributed by atoms with Gasteiger partial charge >= 0.3 is 0 Å². The van der Waals surface area contributed by atoms with Crippen molar-refractivity contribution >= 4 is 11.6 Å². The van der Waals surface area contributed by atoms with Crippen molar-refractivity contribution in [1.29, 1.82) is 0 Å². The molecule has 2 aromatic rings. The molecule has 0 aliphatic carbocycles. The van der Waals surface area contributed by atoms with Gasteiger partial charge in [-0.05, 0) is 30.2 Å². The highest BCUT2D eigenvalue weighted by Crippen LogP contribution is 2.23. The zero-order valence-corrected chi connectivity index (χ0v) is 12.3. The van der Waals surface area contributed by atoms with Crippen molar-refractivity contribution in [3.8, 4) is 5.75 Å². The maximum atomic E-state index is 10.7. The minimum Gasteiger partial charge on any atom is -0.491 e. The topological polar surface area (TPSA) is 71.0 Å². The molecule has 1 aromatic heterocycles. The Bertz CT molecular complexity index is 528. The lowest BCUT2D eigenvalue weighted by atomic mass is 9.87. The highest BCUT2D eigenvalue weighted by molar-refractivity contribution is 6.30. The first-order valence-corrected chi connectivity index (χ1v) is 6.82. The van der Waals surface area contributed by atoms with Crippen molar-refractivity contribution in [2.45, 2.75) is 25.9 Å². The van der Waals surface area contributed by atoms with E-state index in [-0.39, 0.29) is 12.5 Å². The molecule has 0 saturated heterocycles. The molecule has 0 spiro atoms. The van der Waals surface area contributed by atoms with E-state index in [9.17, 15) is 5.11 Å². The first-order valence-electron chi connectivity index (χ1n) is 6.44. The van der Waals surface area contributed by atoms with Gasteiger partial charge in [-0.2, -0.15) is 5.10 Å². The van der Waals surface area contributed by atoms with Crippen molar-refractivity contribution in [3.05, 3.63) is 41.4 Å². The van der Waals surface area contributed by atoms with E-state index in [0.717, 1.165) is 0 Å². The molecule has 108 valence electrons. The second-order valence-corrected chi connectivity index (χ2v) is 5.55. The average molecular weight is 296 g/mol. The number of hydrogen-bond acceptors (Lipinski definition) is 4. The van der Waals surface area contributed by atoms with Crippen LogP contribution < -0.4 is 4.74 Å². The third kappa shape index (κ3) is 3.71. The van der Waals surface area contributed by atoms with E-state index in [4.69, 9.17) is 16.3 Å². The fourth-order valence-electron chi connectivity index (χ4n) is 1.77. The molecule has 2 N–H and O–H groups in total. The van der Waals surface area contributed by atoms with Crippen molar-refractivity contribution in [1.82, 2.24) is 15.2 Å². The molecule has 0 saturated carbocycles. The highest BCUT2D eigenvalue weighted by atomic mass is 35.5. The molecular weight excluding hydrogens is 278 g/mol. The minimum atomic E-state index is -1.01. The van der Waals surface area contributed by atoms with Crippen LogP contribution in [-0.2, 0) is 6.42 Å². The Morgan fingerprint density at radius 3 is 2.60 bits per heavy atom. The van der Waals surface area contributed by atoms with E-state index >= 15 is 0 Å². The molecule has 1 unspecified atom stereocenters. The van der Waals surface area contributed by atoms with Gasteiger partial charge in [-0.3, -0.25) is 5.10 Å². The summed E-state index contributed by atoms with van der Waals surface area (Å²) in [6.07, 6.45) is 1.79. The standard InChI is InChI=1S/C14H18ClN3O2/c1-10(2)14(19,7-13-16-9-17-18-13)8-20-12-5-3-11(15)4-6-12/h3-6,9-10,19H,7-8H2,1-2H3,(H,16,17,18). The summed E-state index contributed by atoms with van der Waals surface area (Å²) >= 11 is 5.82. The van der Waals surface area contributed by atoms with Crippen LogP contribution in [0.1, 0.15) is 19.7 Å². The predicted octanol–water partition coefficient (Wildman–Crippen LogP) is 2.47. The molecule has 5 nitrogen and oxygen atoms in total. The molecule has 0 fully saturated rings. The predicted molar refractivity (Wildman–Crippen MR) is 76.8 cm³/mol. The number of nitrogens with zero attached hydrogens (tertiary/aromatic N) is 2. The smallest absolute Gasteiger partial charge is 0.137 e. The van der Waals surface area contributed by atoms with E-state index in [2.05, 4.69) is 15.2 Å². The van der Waals surface area contributed by atoms with Crippen molar-refractivity contribution in [3.63, 3.8) is 0 Å². The Morgan fingerprint density at radius 1 is 1.35 bits per heavy atom. The third-order valence-electron chi connectivity index (χ3n) is 3.32. The van der Waals surface area contributed by atoms with Crippen LogP contribution in [0.4, 0.5) is 0 Å². The zero-order chi connectivity index (χ0) is 14.6. The van der Waals surface area contributed by atoms with E-state index in [1.165, 1.54) is 6.33 Å². The molecule has 2 rings (SSSR count). The number of aliphatic hydroxyl groups is 1. The van der Waals surface area contributed by atoms with E-state index in [1.54, 1.807) is 24.3 Å². The lowest BCUT2D eigenvalue weighted by Crippen LogP contribution is -2.43. The number of ether oxygens (including phenoxy) is 1. The highest BCUT2D eigenvalue weighted by Gasteiger charge is 2.33. The molecule has 20 heavy (non-hydrogen) atoms. The maximum absolute atomic E-state index is 10.7. The molecule has 6 heteroatoms. The summed E-state index contributed by atoms with van der Waals surface area (Å²) in [7, 11) is 0. The first kappa shape index (κ1) is 14.8. The average Bonchev–Trinajstić information content (AvgIpc) is 2.90. The normalized spacial score (nSPS) is 14.2. The van der Waals surface area contributed by atoms with Crippen LogP contribution in [0.15, 0.2) is 30.6 Å². The van der Waals surface area contributed by atoms with E-state index in [1.807, 2.05) is 13.8 Å². The van der Waals surface area contributed by atoms with E-state index in [0.29, 0.717) is 23.0 Å². The van der Waals surface area contributed by atoms with Gasteiger partial charge in [0.2, 0.25) is 0 Å². The van der Waals surface area contributed by atoms with E-state index < -0.39 is 5.60 Å². The van der Waals surface area contributed by atoms with Crippen LogP contribution in [-0.4, -0.2) is 32.5 Å². The lowest BCUT2D eigenvalue weighted by molar-refractivity contribution is -0.0438. The van der Waals surface area contributed by atoms with Crippen molar-refractivity contribution in [2.24, 2.45) is 5.92 Å². The molecule has 0 radical (unpaired) electrons. The quantitative estimate of drug-likeness (QED) is 0.859. The Hall–Kier alpha value is -1.59. The number of nitrogens with one attached hydrogen (secondary N) is 1. The van der Waals surface area contributed by atoms with Gasteiger partial charge in [0.15, 0.2) is 0 Å². The molecule has 0 amide bonds. The Morgan fingerprint density at radius 2 is 2.05 bits per heavy atom.